The highest BCUT2D eigenvalue weighted by Crippen LogP contribution is 2.25. The first-order valence-corrected chi connectivity index (χ1v) is 7.90. The maximum Gasteiger partial charge on any atom is 0.244 e. The van der Waals surface area contributed by atoms with Gasteiger partial charge in [0.2, 0.25) is 5.91 Å². The second-order valence-corrected chi connectivity index (χ2v) is 6.14. The van der Waals surface area contributed by atoms with E-state index in [0.29, 0.717) is 6.04 Å². The monoisotopic (exact) mass is 363 g/mol. The van der Waals surface area contributed by atoms with E-state index in [2.05, 4.69) is 15.3 Å². The van der Waals surface area contributed by atoms with Crippen molar-refractivity contribution in [1.29, 1.82) is 0 Å². The molecule has 1 amide bonds. The Hall–Kier alpha value is -0.820. The fraction of sp³-hybridized carbons (Fsp3) is 0.733. The van der Waals surface area contributed by atoms with E-state index in [1.165, 1.54) is 12.8 Å². The van der Waals surface area contributed by atoms with Crippen molar-refractivity contribution in [2.24, 2.45) is 7.05 Å². The largest absolute Gasteiger partial charge is 0.316 e. The number of amides is 1. The molecule has 2 aliphatic rings. The molecule has 23 heavy (non-hydrogen) atoms. The quantitative estimate of drug-likeness (QED) is 0.882. The highest BCUT2D eigenvalue weighted by molar-refractivity contribution is 5.97. The summed E-state index contributed by atoms with van der Waals surface area (Å²) in [6.07, 6.45) is 8.13. The topological polar surface area (TPSA) is 53.4 Å². The summed E-state index contributed by atoms with van der Waals surface area (Å²) in [5, 5.41) is 7.54. The van der Waals surface area contributed by atoms with Gasteiger partial charge >= 0.3 is 0 Å². The van der Waals surface area contributed by atoms with Gasteiger partial charge in [0.15, 0.2) is 0 Å². The van der Waals surface area contributed by atoms with Crippen molar-refractivity contribution in [2.75, 3.05) is 31.6 Å². The number of aromatic nitrogens is 2. The Morgan fingerprint density at radius 2 is 1.96 bits per heavy atom. The van der Waals surface area contributed by atoms with Crippen LogP contribution < -0.4 is 10.2 Å². The van der Waals surface area contributed by atoms with E-state index in [9.17, 15) is 4.79 Å². The van der Waals surface area contributed by atoms with Crippen LogP contribution in [0.3, 0.4) is 0 Å². The van der Waals surface area contributed by atoms with Crippen LogP contribution in [-0.4, -0.2) is 59.4 Å². The van der Waals surface area contributed by atoms with Gasteiger partial charge in [-0.25, -0.2) is 0 Å². The van der Waals surface area contributed by atoms with Gasteiger partial charge < -0.3 is 10.2 Å². The number of likely N-dealkylation sites (N-methyl/N-ethyl adjacent to an activating group) is 1. The molecule has 1 N–H and O–H groups in total. The Labute approximate surface area is 150 Å². The third-order valence-corrected chi connectivity index (χ3v) is 4.72. The van der Waals surface area contributed by atoms with Crippen LogP contribution in [0, 0.1) is 0 Å². The van der Waals surface area contributed by atoms with E-state index in [1.807, 2.05) is 25.2 Å². The third kappa shape index (κ3) is 4.38. The smallest absolute Gasteiger partial charge is 0.244 e. The van der Waals surface area contributed by atoms with Crippen LogP contribution in [-0.2, 0) is 11.8 Å². The molecule has 0 spiro atoms. The van der Waals surface area contributed by atoms with Crippen molar-refractivity contribution in [1.82, 2.24) is 20.0 Å². The fourth-order valence-electron chi connectivity index (χ4n) is 3.52. The molecule has 0 aliphatic carbocycles. The summed E-state index contributed by atoms with van der Waals surface area (Å²) in [6, 6.07) is 0.551. The van der Waals surface area contributed by atoms with E-state index in [-0.39, 0.29) is 36.8 Å². The zero-order chi connectivity index (χ0) is 14.8. The molecule has 0 radical (unpaired) electrons. The molecule has 2 atom stereocenters. The molecular formula is C15H27Cl2N5O. The second-order valence-electron chi connectivity index (χ2n) is 6.14. The third-order valence-electron chi connectivity index (χ3n) is 4.72. The van der Waals surface area contributed by atoms with Gasteiger partial charge in [-0.15, -0.1) is 24.8 Å². The standard InChI is InChI=1S/C15H25N5O.2ClH/c1-16-12-5-3-7-19(10-12)14-6-4-8-20(15(14)21)13-9-17-18(2)11-13;;/h9,11-12,14,16H,3-8,10H2,1-2H3;2*1H. The Bertz CT molecular complexity index is 510. The fourth-order valence-corrected chi connectivity index (χ4v) is 3.52. The number of halogens is 2. The molecule has 132 valence electrons. The summed E-state index contributed by atoms with van der Waals surface area (Å²) >= 11 is 0. The first-order chi connectivity index (χ1) is 10.2. The Kier molecular flexibility index (Phi) is 7.80. The molecule has 1 aromatic heterocycles. The molecular weight excluding hydrogens is 337 g/mol. The van der Waals surface area contributed by atoms with Crippen LogP contribution in [0.25, 0.3) is 0 Å². The maximum atomic E-state index is 12.9. The lowest BCUT2D eigenvalue weighted by Gasteiger charge is -2.41. The first-order valence-electron chi connectivity index (χ1n) is 7.90. The van der Waals surface area contributed by atoms with E-state index in [4.69, 9.17) is 0 Å². The molecule has 3 heterocycles. The van der Waals surface area contributed by atoms with Gasteiger partial charge in [0.05, 0.1) is 17.9 Å². The van der Waals surface area contributed by atoms with Crippen molar-refractivity contribution in [3.63, 3.8) is 0 Å². The number of likely N-dealkylation sites (tertiary alicyclic amines) is 1. The number of nitrogens with zero attached hydrogens (tertiary/aromatic N) is 4. The summed E-state index contributed by atoms with van der Waals surface area (Å²) < 4.78 is 1.75. The minimum Gasteiger partial charge on any atom is -0.316 e. The highest BCUT2D eigenvalue weighted by atomic mass is 35.5. The van der Waals surface area contributed by atoms with E-state index >= 15 is 0 Å². The maximum absolute atomic E-state index is 12.9. The van der Waals surface area contributed by atoms with Crippen molar-refractivity contribution >= 4 is 36.4 Å². The normalized spacial score (nSPS) is 25.7. The first kappa shape index (κ1) is 20.2. The van der Waals surface area contributed by atoms with Crippen LogP contribution in [0.5, 0.6) is 0 Å². The zero-order valence-electron chi connectivity index (χ0n) is 13.8. The van der Waals surface area contributed by atoms with Crippen LogP contribution >= 0.6 is 24.8 Å². The van der Waals surface area contributed by atoms with E-state index in [0.717, 1.165) is 38.2 Å². The SMILES string of the molecule is CNC1CCCN(C2CCCN(c3cnn(C)c3)C2=O)C1.Cl.Cl. The summed E-state index contributed by atoms with van der Waals surface area (Å²) in [5.41, 5.74) is 0.925. The average Bonchev–Trinajstić information content (AvgIpc) is 2.94. The number of hydrogen-bond acceptors (Lipinski definition) is 4. The molecule has 2 saturated heterocycles. The molecule has 6 nitrogen and oxygen atoms in total. The van der Waals surface area contributed by atoms with Gasteiger partial charge in [-0.2, -0.15) is 5.10 Å². The number of hydrogen-bond donors (Lipinski definition) is 1. The number of carbonyl (C=O) groups is 1. The number of rotatable bonds is 3. The van der Waals surface area contributed by atoms with Crippen LogP contribution in [0.2, 0.25) is 0 Å². The molecule has 0 bridgehead atoms. The number of aryl methyl sites for hydroxylation is 1. The van der Waals surface area contributed by atoms with E-state index in [1.54, 1.807) is 10.9 Å². The lowest BCUT2D eigenvalue weighted by molar-refractivity contribution is -0.126. The van der Waals surface area contributed by atoms with Gasteiger partial charge in [-0.1, -0.05) is 0 Å². The number of piperidine rings is 2. The number of nitrogens with one attached hydrogen (secondary N) is 1. The summed E-state index contributed by atoms with van der Waals surface area (Å²) in [7, 11) is 3.90. The molecule has 0 saturated carbocycles. The molecule has 8 heteroatoms. The summed E-state index contributed by atoms with van der Waals surface area (Å²) in [4.78, 5) is 17.1. The summed E-state index contributed by atoms with van der Waals surface area (Å²) in [5.74, 6) is 0.242. The van der Waals surface area contributed by atoms with Crippen molar-refractivity contribution in [2.45, 2.75) is 37.8 Å². The van der Waals surface area contributed by atoms with Gasteiger partial charge in [0.25, 0.3) is 0 Å². The van der Waals surface area contributed by atoms with Crippen molar-refractivity contribution in [3.8, 4) is 0 Å². The molecule has 2 unspecified atom stereocenters. The predicted octanol–water partition coefficient (Wildman–Crippen LogP) is 1.44. The number of anilines is 1. The van der Waals surface area contributed by atoms with Gasteiger partial charge in [0, 0.05) is 32.4 Å². The van der Waals surface area contributed by atoms with Crippen molar-refractivity contribution in [3.05, 3.63) is 12.4 Å². The minimum atomic E-state index is 0. The second kappa shape index (κ2) is 8.87. The van der Waals surface area contributed by atoms with Crippen molar-refractivity contribution < 1.29 is 4.79 Å². The zero-order valence-corrected chi connectivity index (χ0v) is 15.4. The molecule has 2 aliphatic heterocycles. The molecule has 2 fully saturated rings. The summed E-state index contributed by atoms with van der Waals surface area (Å²) in [6.45, 7) is 2.83. The highest BCUT2D eigenvalue weighted by Gasteiger charge is 2.36. The van der Waals surface area contributed by atoms with Crippen LogP contribution in [0.15, 0.2) is 12.4 Å². The average molecular weight is 364 g/mol. The molecule has 1 aromatic rings. The molecule has 3 rings (SSSR count). The van der Waals surface area contributed by atoms with Crippen LogP contribution in [0.4, 0.5) is 5.69 Å². The number of carbonyl (C=O) groups excluding carboxylic acids is 1. The van der Waals surface area contributed by atoms with Gasteiger partial charge in [-0.3, -0.25) is 14.4 Å². The van der Waals surface area contributed by atoms with Gasteiger partial charge in [0.1, 0.15) is 0 Å². The lowest BCUT2D eigenvalue weighted by atomic mass is 9.98. The molecule has 0 aromatic carbocycles. The van der Waals surface area contributed by atoms with Gasteiger partial charge in [-0.05, 0) is 39.3 Å². The Balaban J connectivity index is 0.00000132. The lowest BCUT2D eigenvalue weighted by Crippen LogP contribution is -2.57. The minimum absolute atomic E-state index is 0. The Morgan fingerprint density at radius 3 is 2.61 bits per heavy atom. The van der Waals surface area contributed by atoms with Crippen LogP contribution in [0.1, 0.15) is 25.7 Å². The van der Waals surface area contributed by atoms with E-state index < -0.39 is 0 Å². The Morgan fingerprint density at radius 1 is 1.22 bits per heavy atom. The predicted molar refractivity (Wildman–Crippen MR) is 96.7 cm³/mol.